The van der Waals surface area contributed by atoms with E-state index >= 15 is 0 Å². The summed E-state index contributed by atoms with van der Waals surface area (Å²) in [6, 6.07) is 8.48. The van der Waals surface area contributed by atoms with Crippen LogP contribution in [0.2, 0.25) is 0 Å². The quantitative estimate of drug-likeness (QED) is 0.843. The Bertz CT molecular complexity index is 363. The van der Waals surface area contributed by atoms with Crippen LogP contribution in [0, 0.1) is 6.92 Å². The highest BCUT2D eigenvalue weighted by Gasteiger charge is 2.34. The minimum Gasteiger partial charge on any atom is -0.378 e. The van der Waals surface area contributed by atoms with E-state index in [1.54, 1.807) is 0 Å². The highest BCUT2D eigenvalue weighted by atomic mass is 16.5. The van der Waals surface area contributed by atoms with Gasteiger partial charge < -0.3 is 15.8 Å². The fourth-order valence-electron chi connectivity index (χ4n) is 2.46. The van der Waals surface area contributed by atoms with Gasteiger partial charge in [0.05, 0.1) is 11.6 Å². The van der Waals surface area contributed by atoms with E-state index in [2.05, 4.69) is 43.4 Å². The molecule has 0 aliphatic carbocycles. The second kappa shape index (κ2) is 5.07. The molecular weight excluding hydrogens is 212 g/mol. The van der Waals surface area contributed by atoms with Crippen LogP contribution in [0.25, 0.3) is 0 Å². The molecule has 1 aromatic carbocycles. The van der Waals surface area contributed by atoms with Gasteiger partial charge in [0.2, 0.25) is 0 Å². The Hall–Kier alpha value is -1.06. The summed E-state index contributed by atoms with van der Waals surface area (Å²) in [5, 5.41) is 3.60. The fraction of sp³-hybridized carbons (Fsp3) is 0.571. The molecule has 1 heterocycles. The predicted molar refractivity (Wildman–Crippen MR) is 71.2 cm³/mol. The number of hydrogen-bond donors (Lipinski definition) is 2. The van der Waals surface area contributed by atoms with Gasteiger partial charge in [0.25, 0.3) is 0 Å². The summed E-state index contributed by atoms with van der Waals surface area (Å²) in [5.74, 6) is 0. The van der Waals surface area contributed by atoms with Gasteiger partial charge in [-0.05, 0) is 38.8 Å². The summed E-state index contributed by atoms with van der Waals surface area (Å²) in [6.45, 7) is 5.64. The van der Waals surface area contributed by atoms with Crippen molar-refractivity contribution in [3.05, 3.63) is 29.8 Å². The van der Waals surface area contributed by atoms with Crippen molar-refractivity contribution in [3.63, 3.8) is 0 Å². The van der Waals surface area contributed by atoms with Crippen molar-refractivity contribution < 1.29 is 4.74 Å². The Balaban J connectivity index is 2.10. The summed E-state index contributed by atoms with van der Waals surface area (Å²) in [6.07, 6.45) is 2.23. The average Bonchev–Trinajstić information content (AvgIpc) is 2.32. The predicted octanol–water partition coefficient (Wildman–Crippen LogP) is 2.30. The standard InChI is InChI=1S/C14H22N2O/c1-11-3-5-13(6-4-11)16-14(10-15)7-8-17-12(2)9-14/h3-6,12,16H,7-10,15H2,1-2H3. The molecule has 0 saturated carbocycles. The van der Waals surface area contributed by atoms with E-state index in [1.165, 1.54) is 5.56 Å². The van der Waals surface area contributed by atoms with Crippen LogP contribution in [-0.4, -0.2) is 24.8 Å². The van der Waals surface area contributed by atoms with Crippen LogP contribution in [0.5, 0.6) is 0 Å². The molecule has 0 amide bonds. The summed E-state index contributed by atoms with van der Waals surface area (Å²) in [5.41, 5.74) is 8.38. The van der Waals surface area contributed by atoms with Gasteiger partial charge in [0.1, 0.15) is 0 Å². The van der Waals surface area contributed by atoms with Crippen molar-refractivity contribution >= 4 is 5.69 Å². The largest absolute Gasteiger partial charge is 0.378 e. The van der Waals surface area contributed by atoms with Gasteiger partial charge in [-0.2, -0.15) is 0 Å². The minimum absolute atomic E-state index is 0.00702. The van der Waals surface area contributed by atoms with Gasteiger partial charge in [-0.15, -0.1) is 0 Å². The first-order valence-electron chi connectivity index (χ1n) is 6.30. The van der Waals surface area contributed by atoms with E-state index < -0.39 is 0 Å². The molecule has 0 aromatic heterocycles. The average molecular weight is 234 g/mol. The molecule has 1 aliphatic heterocycles. The number of nitrogens with one attached hydrogen (secondary N) is 1. The smallest absolute Gasteiger partial charge is 0.0569 e. The fourth-order valence-corrected chi connectivity index (χ4v) is 2.46. The first-order valence-corrected chi connectivity index (χ1v) is 6.30. The number of benzene rings is 1. The highest BCUT2D eigenvalue weighted by Crippen LogP contribution is 2.28. The van der Waals surface area contributed by atoms with Gasteiger partial charge in [-0.3, -0.25) is 0 Å². The zero-order valence-corrected chi connectivity index (χ0v) is 10.7. The van der Waals surface area contributed by atoms with Crippen molar-refractivity contribution in [2.24, 2.45) is 5.73 Å². The Morgan fingerprint density at radius 2 is 2.12 bits per heavy atom. The maximum absolute atomic E-state index is 5.96. The monoisotopic (exact) mass is 234 g/mol. The van der Waals surface area contributed by atoms with Crippen LogP contribution >= 0.6 is 0 Å². The van der Waals surface area contributed by atoms with Crippen molar-refractivity contribution in [3.8, 4) is 0 Å². The molecule has 0 spiro atoms. The van der Waals surface area contributed by atoms with Crippen LogP contribution in [0.4, 0.5) is 5.69 Å². The lowest BCUT2D eigenvalue weighted by Crippen LogP contribution is -2.51. The molecule has 3 N–H and O–H groups in total. The Labute approximate surface area is 103 Å². The number of ether oxygens (including phenoxy) is 1. The van der Waals surface area contributed by atoms with Gasteiger partial charge in [-0.1, -0.05) is 17.7 Å². The van der Waals surface area contributed by atoms with Gasteiger partial charge in [0.15, 0.2) is 0 Å². The molecule has 1 aliphatic rings. The Morgan fingerprint density at radius 1 is 1.41 bits per heavy atom. The molecule has 1 fully saturated rings. The second-order valence-corrected chi connectivity index (χ2v) is 5.11. The zero-order valence-electron chi connectivity index (χ0n) is 10.7. The van der Waals surface area contributed by atoms with E-state index in [4.69, 9.17) is 10.5 Å². The normalized spacial score (nSPS) is 29.0. The van der Waals surface area contributed by atoms with E-state index in [0.29, 0.717) is 6.54 Å². The maximum atomic E-state index is 5.96. The van der Waals surface area contributed by atoms with E-state index in [1.807, 2.05) is 0 Å². The third-order valence-electron chi connectivity index (χ3n) is 3.51. The van der Waals surface area contributed by atoms with Crippen molar-refractivity contribution in [1.29, 1.82) is 0 Å². The third kappa shape index (κ3) is 2.99. The molecule has 1 aromatic rings. The van der Waals surface area contributed by atoms with Gasteiger partial charge in [0, 0.05) is 18.8 Å². The first kappa shape index (κ1) is 12.4. The number of rotatable bonds is 3. The lowest BCUT2D eigenvalue weighted by Gasteiger charge is -2.40. The van der Waals surface area contributed by atoms with Gasteiger partial charge in [-0.25, -0.2) is 0 Å². The lowest BCUT2D eigenvalue weighted by atomic mass is 9.86. The molecular formula is C14H22N2O. The minimum atomic E-state index is -0.00702. The van der Waals surface area contributed by atoms with E-state index in [0.717, 1.165) is 25.1 Å². The first-order chi connectivity index (χ1) is 8.13. The molecule has 0 radical (unpaired) electrons. The highest BCUT2D eigenvalue weighted by molar-refractivity contribution is 5.47. The molecule has 2 atom stereocenters. The lowest BCUT2D eigenvalue weighted by molar-refractivity contribution is 0.000265. The summed E-state index contributed by atoms with van der Waals surface area (Å²) in [4.78, 5) is 0. The van der Waals surface area contributed by atoms with Crippen molar-refractivity contribution in [2.45, 2.75) is 38.3 Å². The Morgan fingerprint density at radius 3 is 2.71 bits per heavy atom. The zero-order chi connectivity index (χ0) is 12.3. The molecule has 17 heavy (non-hydrogen) atoms. The number of nitrogens with two attached hydrogens (primary N) is 1. The van der Waals surface area contributed by atoms with Crippen LogP contribution < -0.4 is 11.1 Å². The topological polar surface area (TPSA) is 47.3 Å². The maximum Gasteiger partial charge on any atom is 0.0569 e. The number of hydrogen-bond acceptors (Lipinski definition) is 3. The summed E-state index contributed by atoms with van der Waals surface area (Å²) in [7, 11) is 0. The molecule has 3 nitrogen and oxygen atoms in total. The summed E-state index contributed by atoms with van der Waals surface area (Å²) >= 11 is 0. The molecule has 3 heteroatoms. The second-order valence-electron chi connectivity index (χ2n) is 5.11. The van der Waals surface area contributed by atoms with Gasteiger partial charge >= 0.3 is 0 Å². The molecule has 2 rings (SSSR count). The van der Waals surface area contributed by atoms with Crippen LogP contribution in [0.3, 0.4) is 0 Å². The van der Waals surface area contributed by atoms with Crippen LogP contribution in [0.15, 0.2) is 24.3 Å². The molecule has 94 valence electrons. The van der Waals surface area contributed by atoms with E-state index in [9.17, 15) is 0 Å². The Kier molecular flexibility index (Phi) is 3.69. The van der Waals surface area contributed by atoms with E-state index in [-0.39, 0.29) is 11.6 Å². The SMILES string of the molecule is Cc1ccc(NC2(CN)CCOC(C)C2)cc1. The van der Waals surface area contributed by atoms with Crippen molar-refractivity contribution in [2.75, 3.05) is 18.5 Å². The third-order valence-corrected chi connectivity index (χ3v) is 3.51. The van der Waals surface area contributed by atoms with Crippen LogP contribution in [0.1, 0.15) is 25.3 Å². The van der Waals surface area contributed by atoms with Crippen LogP contribution in [-0.2, 0) is 4.74 Å². The molecule has 0 bridgehead atoms. The van der Waals surface area contributed by atoms with Crippen molar-refractivity contribution in [1.82, 2.24) is 0 Å². The molecule has 1 saturated heterocycles. The number of anilines is 1. The number of aryl methyl sites for hydroxylation is 1. The summed E-state index contributed by atoms with van der Waals surface area (Å²) < 4.78 is 5.60. The molecule has 2 unspecified atom stereocenters.